The molecule has 1 fully saturated rings. The molecular weight excluding hydrogens is 256 g/mol. The van der Waals surface area contributed by atoms with Crippen molar-refractivity contribution in [3.05, 3.63) is 16.1 Å². The van der Waals surface area contributed by atoms with Gasteiger partial charge >= 0.3 is 0 Å². The van der Waals surface area contributed by atoms with Gasteiger partial charge in [0.2, 0.25) is 0 Å². The molecule has 5 heteroatoms. The first kappa shape index (κ1) is 13.3. The lowest BCUT2D eigenvalue weighted by Gasteiger charge is -2.34. The van der Waals surface area contributed by atoms with Crippen molar-refractivity contribution in [2.75, 3.05) is 20.2 Å². The average Bonchev–Trinajstić information content (AvgIpc) is 2.87. The third kappa shape index (κ3) is 3.19. The van der Waals surface area contributed by atoms with Crippen molar-refractivity contribution in [2.45, 2.75) is 37.8 Å². The monoisotopic (exact) mass is 274 g/mol. The fourth-order valence-corrected chi connectivity index (χ4v) is 3.37. The number of nitrogens with zero attached hydrogens (tertiary/aromatic N) is 2. The van der Waals surface area contributed by atoms with Crippen molar-refractivity contribution in [3.8, 4) is 0 Å². The highest BCUT2D eigenvalue weighted by Crippen LogP contribution is 2.27. The molecule has 2 heterocycles. The average molecular weight is 275 g/mol. The van der Waals surface area contributed by atoms with E-state index in [0.717, 1.165) is 31.6 Å². The Kier molecular flexibility index (Phi) is 4.79. The summed E-state index contributed by atoms with van der Waals surface area (Å²) < 4.78 is 5.39. The van der Waals surface area contributed by atoms with Gasteiger partial charge in [-0.25, -0.2) is 4.98 Å². The van der Waals surface area contributed by atoms with Gasteiger partial charge in [-0.05, 0) is 19.8 Å². The number of hydrogen-bond acceptors (Lipinski definition) is 4. The molecule has 0 N–H and O–H groups in total. The standard InChI is InChI=1S/C12H19ClN2OS/c1-9(12-14-10(7-13)8-17-12)15-5-3-11(16-2)4-6-15/h8-9,11H,3-7H2,1-2H3. The van der Waals surface area contributed by atoms with Gasteiger partial charge in [-0.3, -0.25) is 4.90 Å². The van der Waals surface area contributed by atoms with Crippen LogP contribution in [0.2, 0.25) is 0 Å². The molecule has 0 saturated carbocycles. The van der Waals surface area contributed by atoms with Crippen LogP contribution in [-0.4, -0.2) is 36.2 Å². The summed E-state index contributed by atoms with van der Waals surface area (Å²) in [5, 5.41) is 3.23. The maximum absolute atomic E-state index is 5.78. The van der Waals surface area contributed by atoms with Gasteiger partial charge in [0.1, 0.15) is 5.01 Å². The van der Waals surface area contributed by atoms with Crippen LogP contribution in [0.25, 0.3) is 0 Å². The minimum absolute atomic E-state index is 0.398. The van der Waals surface area contributed by atoms with Gasteiger partial charge in [-0.2, -0.15) is 0 Å². The number of halogens is 1. The van der Waals surface area contributed by atoms with Gasteiger partial charge in [0.15, 0.2) is 0 Å². The Bertz CT molecular complexity index is 350. The predicted octanol–water partition coefficient (Wildman–Crippen LogP) is 3.05. The molecule has 1 aliphatic rings. The number of piperidine rings is 1. The molecule has 3 nitrogen and oxygen atoms in total. The van der Waals surface area contributed by atoms with E-state index < -0.39 is 0 Å². The molecule has 0 bridgehead atoms. The van der Waals surface area contributed by atoms with Gasteiger partial charge in [-0.1, -0.05) is 0 Å². The summed E-state index contributed by atoms with van der Waals surface area (Å²) in [4.78, 5) is 7.04. The van der Waals surface area contributed by atoms with Crippen molar-refractivity contribution in [2.24, 2.45) is 0 Å². The Morgan fingerprint density at radius 2 is 2.29 bits per heavy atom. The molecule has 0 amide bonds. The Morgan fingerprint density at radius 3 is 2.82 bits per heavy atom. The van der Waals surface area contributed by atoms with Gasteiger partial charge in [0, 0.05) is 25.6 Å². The van der Waals surface area contributed by atoms with E-state index in [1.54, 1.807) is 18.4 Å². The third-order valence-corrected chi connectivity index (χ3v) is 4.76. The predicted molar refractivity (Wildman–Crippen MR) is 71.7 cm³/mol. The quantitative estimate of drug-likeness (QED) is 0.789. The minimum Gasteiger partial charge on any atom is -0.381 e. The SMILES string of the molecule is COC1CCN(C(C)c2nc(CCl)cs2)CC1. The lowest BCUT2D eigenvalue weighted by atomic mass is 10.1. The van der Waals surface area contributed by atoms with Crippen LogP contribution in [0.1, 0.15) is 36.5 Å². The fraction of sp³-hybridized carbons (Fsp3) is 0.750. The Hall–Kier alpha value is -0.160. The van der Waals surface area contributed by atoms with E-state index in [9.17, 15) is 0 Å². The largest absolute Gasteiger partial charge is 0.381 e. The van der Waals surface area contributed by atoms with E-state index in [4.69, 9.17) is 16.3 Å². The molecule has 1 saturated heterocycles. The molecule has 2 rings (SSSR count). The summed E-state index contributed by atoms with van der Waals surface area (Å²) in [6, 6.07) is 0.398. The van der Waals surface area contributed by atoms with Gasteiger partial charge < -0.3 is 4.74 Å². The van der Waals surface area contributed by atoms with Gasteiger partial charge in [0.05, 0.1) is 23.7 Å². The summed E-state index contributed by atoms with van der Waals surface area (Å²) in [6.45, 7) is 4.41. The highest BCUT2D eigenvalue weighted by molar-refractivity contribution is 7.09. The first-order chi connectivity index (χ1) is 8.24. The summed E-state index contributed by atoms with van der Waals surface area (Å²) in [7, 11) is 1.80. The zero-order chi connectivity index (χ0) is 12.3. The Labute approximate surface area is 112 Å². The molecule has 1 aromatic heterocycles. The highest BCUT2D eigenvalue weighted by Gasteiger charge is 2.24. The van der Waals surface area contributed by atoms with Crippen LogP contribution in [0.15, 0.2) is 5.38 Å². The number of rotatable bonds is 4. The first-order valence-corrected chi connectivity index (χ1v) is 7.43. The molecule has 17 heavy (non-hydrogen) atoms. The molecule has 96 valence electrons. The summed E-state index contributed by atoms with van der Waals surface area (Å²) in [6.07, 6.45) is 2.68. The number of alkyl halides is 1. The minimum atomic E-state index is 0.398. The Morgan fingerprint density at radius 1 is 1.59 bits per heavy atom. The van der Waals surface area contributed by atoms with E-state index in [0.29, 0.717) is 18.0 Å². The van der Waals surface area contributed by atoms with Crippen LogP contribution in [-0.2, 0) is 10.6 Å². The van der Waals surface area contributed by atoms with Crippen LogP contribution in [0, 0.1) is 0 Å². The summed E-state index contributed by atoms with van der Waals surface area (Å²) >= 11 is 7.50. The van der Waals surface area contributed by atoms with Crippen LogP contribution >= 0.6 is 22.9 Å². The molecule has 1 aromatic rings. The molecular formula is C12H19ClN2OS. The topological polar surface area (TPSA) is 25.4 Å². The van der Waals surface area contributed by atoms with Crippen LogP contribution in [0.3, 0.4) is 0 Å². The van der Waals surface area contributed by atoms with Crippen LogP contribution in [0.5, 0.6) is 0 Å². The molecule has 0 aromatic carbocycles. The number of likely N-dealkylation sites (tertiary alicyclic amines) is 1. The third-order valence-electron chi connectivity index (χ3n) is 3.42. The zero-order valence-corrected chi connectivity index (χ0v) is 11.9. The second-order valence-corrected chi connectivity index (χ2v) is 5.61. The molecule has 0 spiro atoms. The van der Waals surface area contributed by atoms with E-state index in [2.05, 4.69) is 22.2 Å². The van der Waals surface area contributed by atoms with Crippen molar-refractivity contribution in [1.82, 2.24) is 9.88 Å². The van der Waals surface area contributed by atoms with E-state index in [-0.39, 0.29) is 0 Å². The summed E-state index contributed by atoms with van der Waals surface area (Å²) in [5.41, 5.74) is 0.991. The Balaban J connectivity index is 1.94. The molecule has 1 atom stereocenters. The maximum Gasteiger partial charge on any atom is 0.110 e. The van der Waals surface area contributed by atoms with Crippen molar-refractivity contribution >= 4 is 22.9 Å². The first-order valence-electron chi connectivity index (χ1n) is 6.01. The molecule has 0 radical (unpaired) electrons. The number of ether oxygens (including phenoxy) is 1. The molecule has 1 aliphatic heterocycles. The second-order valence-electron chi connectivity index (χ2n) is 4.46. The second kappa shape index (κ2) is 6.14. The number of hydrogen-bond donors (Lipinski definition) is 0. The molecule has 0 aliphatic carbocycles. The lowest BCUT2D eigenvalue weighted by molar-refractivity contribution is 0.0294. The number of aromatic nitrogens is 1. The van der Waals surface area contributed by atoms with E-state index in [1.165, 1.54) is 5.01 Å². The van der Waals surface area contributed by atoms with Crippen molar-refractivity contribution in [3.63, 3.8) is 0 Å². The smallest absolute Gasteiger partial charge is 0.110 e. The zero-order valence-electron chi connectivity index (χ0n) is 10.4. The highest BCUT2D eigenvalue weighted by atomic mass is 35.5. The molecule has 1 unspecified atom stereocenters. The normalized spacial score (nSPS) is 20.6. The van der Waals surface area contributed by atoms with Crippen molar-refractivity contribution in [1.29, 1.82) is 0 Å². The number of thiazole rings is 1. The van der Waals surface area contributed by atoms with Gasteiger partial charge in [-0.15, -0.1) is 22.9 Å². The fourth-order valence-electron chi connectivity index (χ4n) is 2.23. The lowest BCUT2D eigenvalue weighted by Crippen LogP contribution is -2.38. The summed E-state index contributed by atoms with van der Waals surface area (Å²) in [5.74, 6) is 0.509. The van der Waals surface area contributed by atoms with E-state index >= 15 is 0 Å². The van der Waals surface area contributed by atoms with Gasteiger partial charge in [0.25, 0.3) is 0 Å². The number of methoxy groups -OCH3 is 1. The van der Waals surface area contributed by atoms with Crippen LogP contribution < -0.4 is 0 Å². The van der Waals surface area contributed by atoms with E-state index in [1.807, 2.05) is 0 Å². The maximum atomic E-state index is 5.78. The van der Waals surface area contributed by atoms with Crippen LogP contribution in [0.4, 0.5) is 0 Å². The van der Waals surface area contributed by atoms with Crippen molar-refractivity contribution < 1.29 is 4.74 Å².